The van der Waals surface area contributed by atoms with Gasteiger partial charge in [0.25, 0.3) is 0 Å². The van der Waals surface area contributed by atoms with Gasteiger partial charge in [-0.15, -0.1) is 11.6 Å². The van der Waals surface area contributed by atoms with E-state index in [2.05, 4.69) is 66.0 Å². The van der Waals surface area contributed by atoms with Gasteiger partial charge in [0.05, 0.1) is 16.7 Å². The van der Waals surface area contributed by atoms with E-state index in [-0.39, 0.29) is 0 Å². The summed E-state index contributed by atoms with van der Waals surface area (Å²) >= 11 is 7.66. The summed E-state index contributed by atoms with van der Waals surface area (Å²) in [6.07, 6.45) is 1.12. The number of halogens is 1. The Morgan fingerprint density at radius 2 is 1.62 bits per heavy atom. The highest BCUT2D eigenvalue weighted by Gasteiger charge is 2.09. The van der Waals surface area contributed by atoms with Crippen LogP contribution in [0.3, 0.4) is 0 Å². The van der Waals surface area contributed by atoms with E-state index in [0.717, 1.165) is 41.4 Å². The van der Waals surface area contributed by atoms with Crippen molar-refractivity contribution in [3.05, 3.63) is 60.7 Å². The van der Waals surface area contributed by atoms with Crippen LogP contribution in [-0.2, 0) is 0 Å². The molecule has 4 aromatic rings. The first-order chi connectivity index (χ1) is 12.9. The molecule has 0 fully saturated rings. The van der Waals surface area contributed by atoms with Crippen LogP contribution in [0.15, 0.2) is 60.7 Å². The van der Waals surface area contributed by atoms with Crippen molar-refractivity contribution in [1.29, 1.82) is 0 Å². The molecule has 3 aromatic carbocycles. The summed E-state index contributed by atoms with van der Waals surface area (Å²) in [6, 6.07) is 21.3. The first-order valence-corrected chi connectivity index (χ1v) is 10.6. The summed E-state index contributed by atoms with van der Waals surface area (Å²) in [4.78, 5) is 4.90. The van der Waals surface area contributed by atoms with Crippen molar-refractivity contribution in [2.45, 2.75) is 6.42 Å². The van der Waals surface area contributed by atoms with Gasteiger partial charge in [0, 0.05) is 29.0 Å². The second-order valence-electron chi connectivity index (χ2n) is 6.30. The minimum Gasteiger partial charge on any atom is -0.384 e. The minimum absolute atomic E-state index is 0.727. The molecular formula is C22H21ClN2S. The van der Waals surface area contributed by atoms with Crippen LogP contribution in [0.4, 0.5) is 5.69 Å². The number of fused-ring (bicyclic) bond motifs is 3. The number of pyridine rings is 1. The van der Waals surface area contributed by atoms with Crippen LogP contribution in [0.2, 0.25) is 0 Å². The summed E-state index contributed by atoms with van der Waals surface area (Å²) in [7, 11) is 0. The van der Waals surface area contributed by atoms with Crippen molar-refractivity contribution in [1.82, 2.24) is 4.98 Å². The molecule has 0 radical (unpaired) electrons. The molecule has 0 atom stereocenters. The van der Waals surface area contributed by atoms with Crippen molar-refractivity contribution in [2.75, 3.05) is 29.2 Å². The van der Waals surface area contributed by atoms with Gasteiger partial charge in [-0.25, -0.2) is 4.98 Å². The topological polar surface area (TPSA) is 24.9 Å². The molecule has 0 saturated carbocycles. The maximum absolute atomic E-state index is 5.75. The van der Waals surface area contributed by atoms with Gasteiger partial charge in [-0.2, -0.15) is 11.8 Å². The highest BCUT2D eigenvalue weighted by molar-refractivity contribution is 7.99. The lowest BCUT2D eigenvalue weighted by Gasteiger charge is -2.14. The van der Waals surface area contributed by atoms with E-state index in [1.54, 1.807) is 0 Å². The molecule has 0 aliphatic carbocycles. The fourth-order valence-corrected chi connectivity index (χ4v) is 4.30. The molecule has 1 heterocycles. The Balaban J connectivity index is 1.74. The van der Waals surface area contributed by atoms with Crippen molar-refractivity contribution in [2.24, 2.45) is 0 Å². The molecule has 0 saturated heterocycles. The van der Waals surface area contributed by atoms with Crippen LogP contribution < -0.4 is 5.32 Å². The summed E-state index contributed by atoms with van der Waals surface area (Å²) in [5.41, 5.74) is 3.27. The van der Waals surface area contributed by atoms with E-state index in [4.69, 9.17) is 16.6 Å². The monoisotopic (exact) mass is 380 g/mol. The number of para-hydroxylation sites is 1. The van der Waals surface area contributed by atoms with Crippen LogP contribution in [0.5, 0.6) is 0 Å². The Hall–Kier alpha value is -1.97. The van der Waals surface area contributed by atoms with Crippen LogP contribution in [-0.4, -0.2) is 28.9 Å². The predicted molar refractivity (Wildman–Crippen MR) is 118 cm³/mol. The standard InChI is InChI=1S/C22H21ClN2S/c23-10-13-26-12-5-11-24-22-18-8-3-4-9-20(18)25-21-15-17-7-2-1-6-16(17)14-19(21)22/h1-4,6-9,14-15H,5,10-13H2,(H,24,25). The summed E-state index contributed by atoms with van der Waals surface area (Å²) in [5.74, 6) is 2.88. The zero-order valence-corrected chi connectivity index (χ0v) is 16.1. The summed E-state index contributed by atoms with van der Waals surface area (Å²) in [5, 5.41) is 8.54. The quantitative estimate of drug-likeness (QED) is 0.231. The Morgan fingerprint density at radius 3 is 2.46 bits per heavy atom. The molecule has 2 nitrogen and oxygen atoms in total. The van der Waals surface area contributed by atoms with E-state index in [1.165, 1.54) is 27.2 Å². The first kappa shape index (κ1) is 17.4. The van der Waals surface area contributed by atoms with Gasteiger partial charge in [-0.3, -0.25) is 0 Å². The Bertz CT molecular complexity index is 1040. The van der Waals surface area contributed by atoms with Gasteiger partial charge in [0.2, 0.25) is 0 Å². The summed E-state index contributed by atoms with van der Waals surface area (Å²) in [6.45, 7) is 0.950. The first-order valence-electron chi connectivity index (χ1n) is 8.95. The number of thioether (sulfide) groups is 1. The number of nitrogens with zero attached hydrogens (tertiary/aromatic N) is 1. The lowest BCUT2D eigenvalue weighted by Crippen LogP contribution is -2.05. The fourth-order valence-electron chi connectivity index (χ4n) is 3.31. The third-order valence-electron chi connectivity index (χ3n) is 4.54. The average Bonchev–Trinajstić information content (AvgIpc) is 2.68. The Morgan fingerprint density at radius 1 is 0.846 bits per heavy atom. The second-order valence-corrected chi connectivity index (χ2v) is 7.90. The number of anilines is 1. The number of rotatable bonds is 7. The van der Waals surface area contributed by atoms with E-state index < -0.39 is 0 Å². The van der Waals surface area contributed by atoms with Gasteiger partial charge in [0.1, 0.15) is 0 Å². The molecule has 26 heavy (non-hydrogen) atoms. The number of aromatic nitrogens is 1. The Labute approximate surface area is 162 Å². The van der Waals surface area contributed by atoms with Gasteiger partial charge in [-0.1, -0.05) is 42.5 Å². The fraction of sp³-hybridized carbons (Fsp3) is 0.227. The smallest absolute Gasteiger partial charge is 0.0736 e. The molecule has 0 bridgehead atoms. The zero-order valence-electron chi connectivity index (χ0n) is 14.5. The van der Waals surface area contributed by atoms with Gasteiger partial charge < -0.3 is 5.32 Å². The third-order valence-corrected chi connectivity index (χ3v) is 6.02. The number of hydrogen-bond acceptors (Lipinski definition) is 3. The van der Waals surface area contributed by atoms with E-state index >= 15 is 0 Å². The Kier molecular flexibility index (Phi) is 5.47. The van der Waals surface area contributed by atoms with Crippen LogP contribution >= 0.6 is 23.4 Å². The van der Waals surface area contributed by atoms with E-state index in [1.807, 2.05) is 11.8 Å². The molecule has 0 amide bonds. The molecule has 1 aromatic heterocycles. The van der Waals surface area contributed by atoms with Gasteiger partial charge in [-0.05, 0) is 41.1 Å². The normalized spacial score (nSPS) is 11.4. The van der Waals surface area contributed by atoms with Crippen LogP contribution in [0, 0.1) is 0 Å². The van der Waals surface area contributed by atoms with E-state index in [9.17, 15) is 0 Å². The molecule has 1 N–H and O–H groups in total. The average molecular weight is 381 g/mol. The van der Waals surface area contributed by atoms with Crippen LogP contribution in [0.1, 0.15) is 6.42 Å². The second kappa shape index (κ2) is 8.15. The van der Waals surface area contributed by atoms with Gasteiger partial charge >= 0.3 is 0 Å². The molecular weight excluding hydrogens is 360 g/mol. The van der Waals surface area contributed by atoms with Crippen molar-refractivity contribution < 1.29 is 0 Å². The molecule has 132 valence electrons. The van der Waals surface area contributed by atoms with Crippen molar-refractivity contribution in [3.63, 3.8) is 0 Å². The lowest BCUT2D eigenvalue weighted by molar-refractivity contribution is 0.995. The maximum Gasteiger partial charge on any atom is 0.0736 e. The molecule has 0 aliphatic rings. The maximum atomic E-state index is 5.75. The highest BCUT2D eigenvalue weighted by atomic mass is 35.5. The zero-order chi connectivity index (χ0) is 17.8. The van der Waals surface area contributed by atoms with Crippen molar-refractivity contribution in [3.8, 4) is 0 Å². The largest absolute Gasteiger partial charge is 0.384 e. The predicted octanol–water partition coefficient (Wildman–Crippen LogP) is 6.32. The van der Waals surface area contributed by atoms with Crippen LogP contribution in [0.25, 0.3) is 32.6 Å². The number of hydrogen-bond donors (Lipinski definition) is 1. The SMILES string of the molecule is ClCCSCCCNc1c2ccccc2nc2cc3ccccc3cc12. The van der Waals surface area contributed by atoms with Crippen molar-refractivity contribution >= 4 is 61.6 Å². The molecule has 0 aliphatic heterocycles. The molecule has 0 unspecified atom stereocenters. The summed E-state index contributed by atoms with van der Waals surface area (Å²) < 4.78 is 0. The molecule has 4 heteroatoms. The highest BCUT2D eigenvalue weighted by Crippen LogP contribution is 2.33. The number of benzene rings is 3. The van der Waals surface area contributed by atoms with Gasteiger partial charge in [0.15, 0.2) is 0 Å². The number of alkyl halides is 1. The lowest BCUT2D eigenvalue weighted by atomic mass is 10.0. The molecule has 0 spiro atoms. The minimum atomic E-state index is 0.727. The number of nitrogens with one attached hydrogen (secondary N) is 1. The van der Waals surface area contributed by atoms with E-state index in [0.29, 0.717) is 0 Å². The molecule has 4 rings (SSSR count). The third kappa shape index (κ3) is 3.60.